The Hall–Kier alpha value is -3.07. The van der Waals surface area contributed by atoms with Crippen molar-refractivity contribution in [1.82, 2.24) is 9.38 Å². The van der Waals surface area contributed by atoms with Crippen LogP contribution in [0.4, 0.5) is 11.5 Å². The van der Waals surface area contributed by atoms with Crippen LogP contribution in [0.5, 0.6) is 0 Å². The van der Waals surface area contributed by atoms with Crippen LogP contribution in [-0.4, -0.2) is 20.5 Å². The zero-order valence-corrected chi connectivity index (χ0v) is 16.1. The van der Waals surface area contributed by atoms with Crippen LogP contribution in [0.1, 0.15) is 5.56 Å². The summed E-state index contributed by atoms with van der Waals surface area (Å²) in [6.45, 7) is 0. The summed E-state index contributed by atoms with van der Waals surface area (Å²) in [5.74, 6) is 0.679. The third kappa shape index (κ3) is 3.59. The SMILES string of the molecule is O=[N+]([O-])c1ccc(-c2nc3ccccn3c2/N=C/c2ccc(I)cc2)cc1. The lowest BCUT2D eigenvalue weighted by molar-refractivity contribution is -0.384. The third-order valence-corrected chi connectivity index (χ3v) is 4.78. The number of halogens is 1. The second-order valence-corrected chi connectivity index (χ2v) is 7.07. The lowest BCUT2D eigenvalue weighted by Crippen LogP contribution is -1.88. The molecule has 0 N–H and O–H groups in total. The predicted molar refractivity (Wildman–Crippen MR) is 114 cm³/mol. The molecule has 0 saturated heterocycles. The molecule has 6 nitrogen and oxygen atoms in total. The van der Waals surface area contributed by atoms with Crippen molar-refractivity contribution in [3.63, 3.8) is 0 Å². The van der Waals surface area contributed by atoms with Gasteiger partial charge in [0.25, 0.3) is 5.69 Å². The molecule has 4 aromatic rings. The van der Waals surface area contributed by atoms with Crippen molar-refractivity contribution in [3.05, 3.63) is 92.2 Å². The Morgan fingerprint density at radius 1 is 1.04 bits per heavy atom. The van der Waals surface area contributed by atoms with Crippen LogP contribution in [-0.2, 0) is 0 Å². The van der Waals surface area contributed by atoms with E-state index in [1.807, 2.05) is 53.1 Å². The van der Waals surface area contributed by atoms with Crippen LogP contribution in [0.15, 0.2) is 77.9 Å². The first-order valence-electron chi connectivity index (χ1n) is 8.13. The molecular weight excluding hydrogens is 455 g/mol. The van der Waals surface area contributed by atoms with Gasteiger partial charge in [0.2, 0.25) is 0 Å². The second-order valence-electron chi connectivity index (χ2n) is 5.83. The molecule has 2 heterocycles. The molecule has 0 aliphatic rings. The van der Waals surface area contributed by atoms with Crippen LogP contribution in [0.3, 0.4) is 0 Å². The van der Waals surface area contributed by atoms with Gasteiger partial charge in [0.05, 0.1) is 4.92 Å². The summed E-state index contributed by atoms with van der Waals surface area (Å²) >= 11 is 2.26. The maximum Gasteiger partial charge on any atom is 0.269 e. The average molecular weight is 468 g/mol. The van der Waals surface area contributed by atoms with E-state index < -0.39 is 4.92 Å². The number of fused-ring (bicyclic) bond motifs is 1. The largest absolute Gasteiger partial charge is 0.284 e. The normalized spacial score (nSPS) is 11.3. The first-order chi connectivity index (χ1) is 13.1. The highest BCUT2D eigenvalue weighted by atomic mass is 127. The Kier molecular flexibility index (Phi) is 4.68. The molecule has 0 atom stereocenters. The van der Waals surface area contributed by atoms with E-state index in [9.17, 15) is 10.1 Å². The molecule has 0 aliphatic heterocycles. The first kappa shape index (κ1) is 17.3. The van der Waals surface area contributed by atoms with Gasteiger partial charge in [0.1, 0.15) is 11.3 Å². The monoisotopic (exact) mass is 468 g/mol. The van der Waals surface area contributed by atoms with Crippen LogP contribution in [0.2, 0.25) is 0 Å². The molecule has 27 heavy (non-hydrogen) atoms. The summed E-state index contributed by atoms with van der Waals surface area (Å²) < 4.78 is 3.06. The molecule has 132 valence electrons. The molecular formula is C20H13IN4O2. The van der Waals surface area contributed by atoms with Crippen LogP contribution < -0.4 is 0 Å². The molecule has 0 fully saturated rings. The zero-order chi connectivity index (χ0) is 18.8. The van der Waals surface area contributed by atoms with Crippen molar-refractivity contribution in [1.29, 1.82) is 0 Å². The van der Waals surface area contributed by atoms with E-state index in [0.29, 0.717) is 11.5 Å². The van der Waals surface area contributed by atoms with Gasteiger partial charge in [0, 0.05) is 33.7 Å². The van der Waals surface area contributed by atoms with Crippen molar-refractivity contribution >= 4 is 46.0 Å². The quantitative estimate of drug-likeness (QED) is 0.177. The minimum atomic E-state index is -0.413. The molecule has 0 amide bonds. The lowest BCUT2D eigenvalue weighted by Gasteiger charge is -2.01. The molecule has 0 radical (unpaired) electrons. The molecule has 0 aliphatic carbocycles. The van der Waals surface area contributed by atoms with Gasteiger partial charge in [-0.2, -0.15) is 0 Å². The number of rotatable bonds is 4. The molecule has 0 unspecified atom stereocenters. The smallest absolute Gasteiger partial charge is 0.269 e. The number of nitro benzene ring substituents is 1. The Balaban J connectivity index is 1.81. The Morgan fingerprint density at radius 3 is 2.48 bits per heavy atom. The standard InChI is InChI=1S/C20H13IN4O2/c21-16-8-4-14(5-9-16)13-22-20-19(23-18-3-1-2-12-24(18)20)15-6-10-17(11-7-15)25(26)27/h1-13H/b22-13+. The van der Waals surface area contributed by atoms with Gasteiger partial charge >= 0.3 is 0 Å². The van der Waals surface area contributed by atoms with Gasteiger partial charge in [-0.25, -0.2) is 9.98 Å². The lowest BCUT2D eigenvalue weighted by atomic mass is 10.1. The molecule has 2 aromatic carbocycles. The summed E-state index contributed by atoms with van der Waals surface area (Å²) in [6.07, 6.45) is 3.69. The molecule has 2 aromatic heterocycles. The number of aliphatic imine (C=N–C) groups is 1. The van der Waals surface area contributed by atoms with E-state index in [1.165, 1.54) is 12.1 Å². The number of nitro groups is 1. The van der Waals surface area contributed by atoms with E-state index >= 15 is 0 Å². The number of pyridine rings is 1. The van der Waals surface area contributed by atoms with Gasteiger partial charge in [0.15, 0.2) is 5.82 Å². The number of aromatic nitrogens is 2. The Bertz CT molecular complexity index is 1150. The minimum absolute atomic E-state index is 0.0476. The molecule has 7 heteroatoms. The molecule has 4 rings (SSSR count). The second kappa shape index (κ2) is 7.28. The predicted octanol–water partition coefficient (Wildman–Crippen LogP) is 5.26. The van der Waals surface area contributed by atoms with Crippen molar-refractivity contribution in [2.75, 3.05) is 0 Å². The third-order valence-electron chi connectivity index (χ3n) is 4.06. The van der Waals surface area contributed by atoms with E-state index in [0.717, 1.165) is 20.3 Å². The highest BCUT2D eigenvalue weighted by molar-refractivity contribution is 14.1. The van der Waals surface area contributed by atoms with Crippen LogP contribution in [0.25, 0.3) is 16.9 Å². The minimum Gasteiger partial charge on any atom is -0.284 e. The summed E-state index contributed by atoms with van der Waals surface area (Å²) in [4.78, 5) is 19.8. The molecule has 0 spiro atoms. The van der Waals surface area contributed by atoms with Crippen molar-refractivity contribution in [2.45, 2.75) is 0 Å². The summed E-state index contributed by atoms with van der Waals surface area (Å²) in [5, 5.41) is 10.9. The Morgan fingerprint density at radius 2 is 1.78 bits per heavy atom. The van der Waals surface area contributed by atoms with Crippen molar-refractivity contribution in [3.8, 4) is 11.3 Å². The van der Waals surface area contributed by atoms with Crippen LogP contribution in [0, 0.1) is 13.7 Å². The maximum absolute atomic E-state index is 10.9. The van der Waals surface area contributed by atoms with Gasteiger partial charge in [-0.15, -0.1) is 0 Å². The van der Waals surface area contributed by atoms with Crippen molar-refractivity contribution < 1.29 is 4.92 Å². The number of hydrogen-bond acceptors (Lipinski definition) is 4. The van der Waals surface area contributed by atoms with Gasteiger partial charge < -0.3 is 0 Å². The molecule has 0 bridgehead atoms. The highest BCUT2D eigenvalue weighted by Crippen LogP contribution is 2.32. The fourth-order valence-electron chi connectivity index (χ4n) is 2.73. The zero-order valence-electron chi connectivity index (χ0n) is 14.0. The van der Waals surface area contributed by atoms with Crippen molar-refractivity contribution in [2.24, 2.45) is 4.99 Å². The first-order valence-corrected chi connectivity index (χ1v) is 9.21. The number of benzene rings is 2. The van der Waals surface area contributed by atoms with E-state index in [4.69, 9.17) is 0 Å². The highest BCUT2D eigenvalue weighted by Gasteiger charge is 2.14. The van der Waals surface area contributed by atoms with E-state index in [2.05, 4.69) is 32.6 Å². The Labute approximate surface area is 168 Å². The number of non-ortho nitro benzene ring substituents is 1. The van der Waals surface area contributed by atoms with Gasteiger partial charge in [-0.3, -0.25) is 14.5 Å². The summed E-state index contributed by atoms with van der Waals surface area (Å²) in [7, 11) is 0. The number of nitrogens with zero attached hydrogens (tertiary/aromatic N) is 4. The number of hydrogen-bond donors (Lipinski definition) is 0. The van der Waals surface area contributed by atoms with Gasteiger partial charge in [-0.05, 0) is 64.6 Å². The van der Waals surface area contributed by atoms with E-state index in [1.54, 1.807) is 18.3 Å². The summed E-state index contributed by atoms with van der Waals surface area (Å²) in [6, 6.07) is 20.1. The van der Waals surface area contributed by atoms with Gasteiger partial charge in [-0.1, -0.05) is 18.2 Å². The average Bonchev–Trinajstić information content (AvgIpc) is 3.06. The van der Waals surface area contributed by atoms with E-state index in [-0.39, 0.29) is 5.69 Å². The van der Waals surface area contributed by atoms with Crippen LogP contribution >= 0.6 is 22.6 Å². The maximum atomic E-state index is 10.9. The topological polar surface area (TPSA) is 72.8 Å². The fraction of sp³-hybridized carbons (Fsp3) is 0. The number of imidazole rings is 1. The summed E-state index contributed by atoms with van der Waals surface area (Å²) in [5.41, 5.74) is 3.25. The molecule has 0 saturated carbocycles. The fourth-order valence-corrected chi connectivity index (χ4v) is 3.09.